The number of aromatic nitrogens is 1. The fourth-order valence-electron chi connectivity index (χ4n) is 2.49. The topological polar surface area (TPSA) is 68.7 Å². The third kappa shape index (κ3) is 2.53. The lowest BCUT2D eigenvalue weighted by molar-refractivity contribution is -0.202. The monoisotopic (exact) mass is 339 g/mol. The molecule has 2 aromatic rings. The number of benzene rings is 1. The third-order valence-electron chi connectivity index (χ3n) is 3.93. The highest BCUT2D eigenvalue weighted by atomic mass is 19.1. The molecule has 3 rings (SSSR count). The van der Waals surface area contributed by atoms with Crippen LogP contribution in [0.25, 0.3) is 11.3 Å². The fourth-order valence-corrected chi connectivity index (χ4v) is 2.49. The molecule has 0 unspecified atom stereocenters. The first-order valence-corrected chi connectivity index (χ1v) is 6.90. The van der Waals surface area contributed by atoms with Gasteiger partial charge in [0.2, 0.25) is 0 Å². The highest BCUT2D eigenvalue weighted by molar-refractivity contribution is 5.86. The highest BCUT2D eigenvalue weighted by Crippen LogP contribution is 2.37. The Bertz CT molecular complexity index is 792. The molecule has 1 N–H and O–H groups in total. The molecule has 0 aliphatic carbocycles. The number of hydrogen-bond donors (Lipinski definition) is 1. The van der Waals surface area contributed by atoms with Crippen molar-refractivity contribution in [3.63, 3.8) is 0 Å². The van der Waals surface area contributed by atoms with Crippen LogP contribution in [0, 0.1) is 17.5 Å². The molecule has 1 saturated heterocycles. The second kappa shape index (κ2) is 5.88. The molecule has 1 aliphatic rings. The van der Waals surface area contributed by atoms with Gasteiger partial charge in [-0.15, -0.1) is 0 Å². The van der Waals surface area contributed by atoms with E-state index in [-0.39, 0.29) is 18.8 Å². The van der Waals surface area contributed by atoms with Crippen molar-refractivity contribution < 1.29 is 32.5 Å². The van der Waals surface area contributed by atoms with Gasteiger partial charge in [-0.2, -0.15) is 0 Å². The Morgan fingerprint density at radius 3 is 2.29 bits per heavy atom. The van der Waals surface area contributed by atoms with E-state index < -0.39 is 46.0 Å². The van der Waals surface area contributed by atoms with Crippen LogP contribution in [0.1, 0.15) is 16.1 Å². The average Bonchev–Trinajstić information content (AvgIpc) is 2.47. The quantitative estimate of drug-likeness (QED) is 0.928. The Kier molecular flexibility index (Phi) is 4.02. The van der Waals surface area contributed by atoms with Crippen molar-refractivity contribution in [3.8, 4) is 11.3 Å². The van der Waals surface area contributed by atoms with Crippen LogP contribution >= 0.6 is 0 Å². The number of nitrogens with zero attached hydrogens (tertiary/aromatic N) is 1. The lowest BCUT2D eigenvalue weighted by Crippen LogP contribution is -2.48. The SMILES string of the molecule is COC1(c2cc(F)c(-c3nc(C(=O)O)ccc3F)c(F)c2)COC1. The van der Waals surface area contributed by atoms with E-state index in [0.717, 1.165) is 24.3 Å². The fraction of sp³-hybridized carbons (Fsp3) is 0.250. The average molecular weight is 339 g/mol. The summed E-state index contributed by atoms with van der Waals surface area (Å²) in [5.41, 5.74) is -2.69. The van der Waals surface area contributed by atoms with Gasteiger partial charge in [0.25, 0.3) is 0 Å². The van der Waals surface area contributed by atoms with Gasteiger partial charge in [0.1, 0.15) is 34.4 Å². The molecular formula is C16H12F3NO4. The smallest absolute Gasteiger partial charge is 0.354 e. The molecule has 0 bridgehead atoms. The molecule has 1 aromatic heterocycles. The Morgan fingerprint density at radius 2 is 1.83 bits per heavy atom. The Morgan fingerprint density at radius 1 is 1.21 bits per heavy atom. The van der Waals surface area contributed by atoms with Crippen molar-refractivity contribution in [2.24, 2.45) is 0 Å². The Labute approximate surface area is 134 Å². The maximum absolute atomic E-state index is 14.4. The molecule has 0 atom stereocenters. The van der Waals surface area contributed by atoms with Crippen molar-refractivity contribution in [1.29, 1.82) is 0 Å². The second-order valence-electron chi connectivity index (χ2n) is 5.34. The highest BCUT2D eigenvalue weighted by Gasteiger charge is 2.41. The number of halogens is 3. The number of hydrogen-bond acceptors (Lipinski definition) is 4. The molecule has 8 heteroatoms. The summed E-state index contributed by atoms with van der Waals surface area (Å²) in [6.45, 7) is 0.283. The van der Waals surface area contributed by atoms with Gasteiger partial charge < -0.3 is 14.6 Å². The standard InChI is InChI=1S/C16H12F3NO4/c1-23-16(6-24-7-16)8-4-10(18)13(11(19)5-8)14-9(17)2-3-12(20-14)15(21)22/h2-5H,6-7H2,1H3,(H,21,22). The number of carboxylic acids is 1. The lowest BCUT2D eigenvalue weighted by Gasteiger charge is -2.40. The molecule has 2 heterocycles. The lowest BCUT2D eigenvalue weighted by atomic mass is 9.90. The summed E-state index contributed by atoms with van der Waals surface area (Å²) in [5, 5.41) is 8.91. The normalized spacial score (nSPS) is 15.8. The summed E-state index contributed by atoms with van der Waals surface area (Å²) in [6, 6.07) is 3.74. The molecule has 1 aromatic carbocycles. The van der Waals surface area contributed by atoms with Gasteiger partial charge in [0.05, 0.1) is 18.8 Å². The second-order valence-corrected chi connectivity index (χ2v) is 5.34. The van der Waals surface area contributed by atoms with E-state index in [4.69, 9.17) is 14.6 Å². The zero-order valence-corrected chi connectivity index (χ0v) is 12.5. The van der Waals surface area contributed by atoms with E-state index in [0.29, 0.717) is 0 Å². The maximum Gasteiger partial charge on any atom is 0.354 e. The van der Waals surface area contributed by atoms with Gasteiger partial charge in [0, 0.05) is 7.11 Å². The zero-order chi connectivity index (χ0) is 17.5. The van der Waals surface area contributed by atoms with Crippen molar-refractivity contribution in [2.45, 2.75) is 5.60 Å². The van der Waals surface area contributed by atoms with Crippen molar-refractivity contribution in [1.82, 2.24) is 4.98 Å². The summed E-state index contributed by atoms with van der Waals surface area (Å²) in [6.07, 6.45) is 0. The summed E-state index contributed by atoms with van der Waals surface area (Å²) < 4.78 is 53.1. The zero-order valence-electron chi connectivity index (χ0n) is 12.5. The number of carboxylic acid groups (broad SMARTS) is 1. The van der Waals surface area contributed by atoms with Crippen LogP contribution in [0.5, 0.6) is 0 Å². The number of carbonyl (C=O) groups is 1. The molecule has 126 valence electrons. The minimum atomic E-state index is -1.43. The molecule has 24 heavy (non-hydrogen) atoms. The first-order chi connectivity index (χ1) is 11.4. The van der Waals surface area contributed by atoms with Crippen LogP contribution in [-0.4, -0.2) is 36.4 Å². The molecule has 0 amide bonds. The number of pyridine rings is 1. The maximum atomic E-state index is 14.4. The van der Waals surface area contributed by atoms with E-state index in [1.807, 2.05) is 0 Å². The van der Waals surface area contributed by atoms with E-state index in [2.05, 4.69) is 4.98 Å². The van der Waals surface area contributed by atoms with Gasteiger partial charge in [-0.1, -0.05) is 0 Å². The number of methoxy groups -OCH3 is 1. The molecule has 5 nitrogen and oxygen atoms in total. The molecule has 0 saturated carbocycles. The minimum absolute atomic E-state index is 0.142. The Hall–Kier alpha value is -2.45. The summed E-state index contributed by atoms with van der Waals surface area (Å²) >= 11 is 0. The van der Waals surface area contributed by atoms with Crippen LogP contribution in [-0.2, 0) is 15.1 Å². The van der Waals surface area contributed by atoms with Gasteiger partial charge in [0.15, 0.2) is 0 Å². The van der Waals surface area contributed by atoms with E-state index in [1.165, 1.54) is 7.11 Å². The predicted molar refractivity (Wildman–Crippen MR) is 76.0 cm³/mol. The summed E-state index contributed by atoms with van der Waals surface area (Å²) in [4.78, 5) is 14.4. The van der Waals surface area contributed by atoms with Crippen LogP contribution in [0.2, 0.25) is 0 Å². The van der Waals surface area contributed by atoms with Gasteiger partial charge in [-0.05, 0) is 29.8 Å². The van der Waals surface area contributed by atoms with Crippen LogP contribution < -0.4 is 0 Å². The molecular weight excluding hydrogens is 327 g/mol. The number of aromatic carboxylic acids is 1. The summed E-state index contributed by atoms with van der Waals surface area (Å²) in [7, 11) is 1.39. The molecule has 0 spiro atoms. The first-order valence-electron chi connectivity index (χ1n) is 6.90. The number of rotatable bonds is 4. The summed E-state index contributed by atoms with van der Waals surface area (Å²) in [5.74, 6) is -4.60. The van der Waals surface area contributed by atoms with Crippen LogP contribution in [0.15, 0.2) is 24.3 Å². The molecule has 1 fully saturated rings. The molecule has 1 aliphatic heterocycles. The number of ether oxygens (including phenoxy) is 2. The van der Waals surface area contributed by atoms with Crippen molar-refractivity contribution in [2.75, 3.05) is 20.3 Å². The van der Waals surface area contributed by atoms with Crippen molar-refractivity contribution >= 4 is 5.97 Å². The largest absolute Gasteiger partial charge is 0.477 e. The van der Waals surface area contributed by atoms with Gasteiger partial charge in [-0.25, -0.2) is 22.9 Å². The Balaban J connectivity index is 2.13. The van der Waals surface area contributed by atoms with E-state index >= 15 is 0 Å². The van der Waals surface area contributed by atoms with E-state index in [9.17, 15) is 18.0 Å². The third-order valence-corrected chi connectivity index (χ3v) is 3.93. The van der Waals surface area contributed by atoms with Crippen LogP contribution in [0.4, 0.5) is 13.2 Å². The molecule has 0 radical (unpaired) electrons. The van der Waals surface area contributed by atoms with Crippen LogP contribution in [0.3, 0.4) is 0 Å². The van der Waals surface area contributed by atoms with E-state index in [1.54, 1.807) is 0 Å². The predicted octanol–water partition coefficient (Wildman–Crippen LogP) is 2.74. The first kappa shape index (κ1) is 16.4. The van der Waals surface area contributed by atoms with Gasteiger partial charge >= 0.3 is 5.97 Å². The minimum Gasteiger partial charge on any atom is -0.477 e. The van der Waals surface area contributed by atoms with Gasteiger partial charge in [-0.3, -0.25) is 0 Å². The van der Waals surface area contributed by atoms with Crippen molar-refractivity contribution in [3.05, 3.63) is 53.0 Å².